The van der Waals surface area contributed by atoms with Gasteiger partial charge in [0.15, 0.2) is 0 Å². The van der Waals surface area contributed by atoms with E-state index in [2.05, 4.69) is 39.2 Å². The van der Waals surface area contributed by atoms with Crippen LogP contribution in [0.15, 0.2) is 22.9 Å². The summed E-state index contributed by atoms with van der Waals surface area (Å²) >= 11 is 3.47. The first-order valence-electron chi connectivity index (χ1n) is 5.54. The Morgan fingerprint density at radius 1 is 1.47 bits per heavy atom. The van der Waals surface area contributed by atoms with E-state index in [1.165, 1.54) is 18.4 Å². The van der Waals surface area contributed by atoms with E-state index in [0.717, 1.165) is 24.0 Å². The molecule has 2 nitrogen and oxygen atoms in total. The Morgan fingerprint density at radius 3 is 2.80 bits per heavy atom. The van der Waals surface area contributed by atoms with Crippen LogP contribution in [-0.4, -0.2) is 18.1 Å². The van der Waals surface area contributed by atoms with Gasteiger partial charge in [-0.25, -0.2) is 0 Å². The Hall–Kier alpha value is -0.410. The van der Waals surface area contributed by atoms with E-state index >= 15 is 0 Å². The van der Waals surface area contributed by atoms with Gasteiger partial charge in [-0.15, -0.1) is 0 Å². The van der Waals surface area contributed by atoms with Crippen molar-refractivity contribution in [2.45, 2.75) is 26.2 Å². The highest BCUT2D eigenvalue weighted by atomic mass is 79.9. The lowest BCUT2D eigenvalue weighted by molar-refractivity contribution is 0.150. The van der Waals surface area contributed by atoms with E-state index in [-0.39, 0.29) is 0 Å². The van der Waals surface area contributed by atoms with Crippen LogP contribution in [0.5, 0.6) is 0 Å². The summed E-state index contributed by atoms with van der Waals surface area (Å²) in [5.41, 5.74) is 1.84. The van der Waals surface area contributed by atoms with Gasteiger partial charge in [0.2, 0.25) is 0 Å². The van der Waals surface area contributed by atoms with Crippen molar-refractivity contribution in [3.05, 3.63) is 28.5 Å². The molecule has 82 valence electrons. The summed E-state index contributed by atoms with van der Waals surface area (Å²) in [6.45, 7) is 4.58. The lowest BCUT2D eigenvalue weighted by atomic mass is 9.73. The minimum Gasteiger partial charge on any atom is -0.316 e. The standard InChI is InChI=1S/C12H17BrN2/c1-2-3-12(8-15-9-12)5-10-4-11(13)7-14-6-10/h4,6-7,15H,2-3,5,8-9H2,1H3. The van der Waals surface area contributed by atoms with E-state index in [1.54, 1.807) is 0 Å². The largest absolute Gasteiger partial charge is 0.316 e. The van der Waals surface area contributed by atoms with Crippen molar-refractivity contribution in [1.29, 1.82) is 0 Å². The second kappa shape index (κ2) is 4.62. The highest BCUT2D eigenvalue weighted by molar-refractivity contribution is 9.10. The third-order valence-electron chi connectivity index (χ3n) is 3.12. The zero-order valence-electron chi connectivity index (χ0n) is 9.09. The quantitative estimate of drug-likeness (QED) is 0.909. The van der Waals surface area contributed by atoms with Crippen LogP contribution in [0, 0.1) is 5.41 Å². The van der Waals surface area contributed by atoms with Crippen molar-refractivity contribution in [3.8, 4) is 0 Å². The molecule has 0 radical (unpaired) electrons. The fraction of sp³-hybridized carbons (Fsp3) is 0.583. The van der Waals surface area contributed by atoms with Gasteiger partial charge in [0.05, 0.1) is 0 Å². The van der Waals surface area contributed by atoms with Crippen molar-refractivity contribution in [3.63, 3.8) is 0 Å². The number of pyridine rings is 1. The molecule has 3 heteroatoms. The first-order chi connectivity index (χ1) is 7.24. The molecule has 1 fully saturated rings. The predicted molar refractivity (Wildman–Crippen MR) is 65.9 cm³/mol. The molecule has 2 rings (SSSR count). The molecule has 15 heavy (non-hydrogen) atoms. The third kappa shape index (κ3) is 2.58. The van der Waals surface area contributed by atoms with Gasteiger partial charge in [0.1, 0.15) is 0 Å². The molecule has 0 amide bonds. The molecule has 1 aliphatic heterocycles. The predicted octanol–water partition coefficient (Wildman–Crippen LogP) is 2.78. The Balaban J connectivity index is 2.06. The molecule has 0 atom stereocenters. The second-order valence-corrected chi connectivity index (χ2v) is 5.46. The molecule has 1 saturated heterocycles. The summed E-state index contributed by atoms with van der Waals surface area (Å²) in [4.78, 5) is 4.22. The van der Waals surface area contributed by atoms with Crippen LogP contribution < -0.4 is 5.32 Å². The Bertz CT molecular complexity index is 334. The molecule has 1 aliphatic rings. The van der Waals surface area contributed by atoms with Gasteiger partial charge >= 0.3 is 0 Å². The molecule has 1 aromatic heterocycles. The minimum atomic E-state index is 0.497. The van der Waals surface area contributed by atoms with Gasteiger partial charge in [-0.1, -0.05) is 13.3 Å². The van der Waals surface area contributed by atoms with Crippen LogP contribution in [0.25, 0.3) is 0 Å². The fourth-order valence-corrected chi connectivity index (χ4v) is 2.80. The number of hydrogen-bond donors (Lipinski definition) is 1. The maximum Gasteiger partial charge on any atom is 0.0410 e. The summed E-state index contributed by atoms with van der Waals surface area (Å²) in [5, 5.41) is 3.39. The number of aromatic nitrogens is 1. The van der Waals surface area contributed by atoms with Crippen molar-refractivity contribution in [2.24, 2.45) is 5.41 Å². The Morgan fingerprint density at radius 2 is 2.27 bits per heavy atom. The molecule has 0 aliphatic carbocycles. The smallest absolute Gasteiger partial charge is 0.0410 e. The number of halogens is 1. The van der Waals surface area contributed by atoms with Crippen LogP contribution in [0.4, 0.5) is 0 Å². The second-order valence-electron chi connectivity index (χ2n) is 4.54. The van der Waals surface area contributed by atoms with Gasteiger partial charge in [-0.3, -0.25) is 4.98 Å². The van der Waals surface area contributed by atoms with E-state index in [1.807, 2.05) is 12.4 Å². The summed E-state index contributed by atoms with van der Waals surface area (Å²) in [5.74, 6) is 0. The number of nitrogens with one attached hydrogen (secondary N) is 1. The maximum absolute atomic E-state index is 4.22. The lowest BCUT2D eigenvalue weighted by Gasteiger charge is -2.43. The topological polar surface area (TPSA) is 24.9 Å². The molecule has 1 N–H and O–H groups in total. The lowest BCUT2D eigenvalue weighted by Crippen LogP contribution is -2.54. The SMILES string of the molecule is CCCC1(Cc2cncc(Br)c2)CNC1. The van der Waals surface area contributed by atoms with Gasteiger partial charge in [0, 0.05) is 30.0 Å². The van der Waals surface area contributed by atoms with E-state index in [4.69, 9.17) is 0 Å². The van der Waals surface area contributed by atoms with Gasteiger partial charge in [0.25, 0.3) is 0 Å². The molecule has 2 heterocycles. The molecule has 0 bridgehead atoms. The molecular weight excluding hydrogens is 252 g/mol. The zero-order chi connectivity index (χ0) is 10.7. The van der Waals surface area contributed by atoms with Gasteiger partial charge in [-0.2, -0.15) is 0 Å². The van der Waals surface area contributed by atoms with E-state index in [0.29, 0.717) is 5.41 Å². The van der Waals surface area contributed by atoms with Crippen LogP contribution in [0.2, 0.25) is 0 Å². The molecule has 0 spiro atoms. The van der Waals surface area contributed by atoms with Crippen molar-refractivity contribution < 1.29 is 0 Å². The summed E-state index contributed by atoms with van der Waals surface area (Å²) in [6.07, 6.45) is 7.56. The highest BCUT2D eigenvalue weighted by Crippen LogP contribution is 2.32. The molecule has 0 saturated carbocycles. The third-order valence-corrected chi connectivity index (χ3v) is 3.55. The first-order valence-corrected chi connectivity index (χ1v) is 6.34. The monoisotopic (exact) mass is 268 g/mol. The summed E-state index contributed by atoms with van der Waals surface area (Å²) in [6, 6.07) is 2.18. The number of nitrogens with zero attached hydrogens (tertiary/aromatic N) is 1. The van der Waals surface area contributed by atoms with Crippen LogP contribution >= 0.6 is 15.9 Å². The normalized spacial score (nSPS) is 18.5. The Kier molecular flexibility index (Phi) is 3.42. The van der Waals surface area contributed by atoms with Crippen LogP contribution in [-0.2, 0) is 6.42 Å². The van der Waals surface area contributed by atoms with Crippen LogP contribution in [0.3, 0.4) is 0 Å². The first kappa shape index (κ1) is 11.1. The minimum absolute atomic E-state index is 0.497. The molecule has 1 aromatic rings. The molecular formula is C12H17BrN2. The maximum atomic E-state index is 4.22. The Labute approximate surface area is 99.6 Å². The molecule has 0 aromatic carbocycles. The summed E-state index contributed by atoms with van der Waals surface area (Å²) < 4.78 is 1.08. The summed E-state index contributed by atoms with van der Waals surface area (Å²) in [7, 11) is 0. The zero-order valence-corrected chi connectivity index (χ0v) is 10.7. The average Bonchev–Trinajstić information content (AvgIpc) is 2.15. The van der Waals surface area contributed by atoms with Crippen LogP contribution in [0.1, 0.15) is 25.3 Å². The average molecular weight is 269 g/mol. The molecule has 0 unspecified atom stereocenters. The van der Waals surface area contributed by atoms with E-state index in [9.17, 15) is 0 Å². The van der Waals surface area contributed by atoms with Crippen molar-refractivity contribution >= 4 is 15.9 Å². The fourth-order valence-electron chi connectivity index (χ4n) is 2.38. The van der Waals surface area contributed by atoms with E-state index < -0.39 is 0 Å². The highest BCUT2D eigenvalue weighted by Gasteiger charge is 2.35. The van der Waals surface area contributed by atoms with Gasteiger partial charge < -0.3 is 5.32 Å². The van der Waals surface area contributed by atoms with Gasteiger partial charge in [-0.05, 0) is 45.8 Å². The number of rotatable bonds is 4. The number of hydrogen-bond acceptors (Lipinski definition) is 2. The van der Waals surface area contributed by atoms with Crippen molar-refractivity contribution in [1.82, 2.24) is 10.3 Å². The van der Waals surface area contributed by atoms with Crippen molar-refractivity contribution in [2.75, 3.05) is 13.1 Å².